The molecule has 1 rings (SSSR count). The first-order valence-electron chi connectivity index (χ1n) is 2.60. The minimum absolute atomic E-state index is 0. The molecule has 0 saturated heterocycles. The maximum Gasteiger partial charge on any atom is 0 e. The van der Waals surface area contributed by atoms with E-state index >= 15 is 0 Å². The van der Waals surface area contributed by atoms with E-state index in [0.717, 1.165) is 6.04 Å². The van der Waals surface area contributed by atoms with Crippen LogP contribution in [0, 0.1) is 6.04 Å². The summed E-state index contributed by atoms with van der Waals surface area (Å²) in [5.74, 6) is 0. The minimum Gasteiger partial charge on any atom is -0.387 e. The summed E-state index contributed by atoms with van der Waals surface area (Å²) in [5.41, 5.74) is 0. The predicted octanol–water partition coefficient (Wildman–Crippen LogP) is 1.73. The fraction of sp³-hybridized carbons (Fsp3) is 0.143. The summed E-state index contributed by atoms with van der Waals surface area (Å²) in [4.78, 5) is 4.04. The molecule has 0 amide bonds. The Balaban J connectivity index is 0.000000640. The fourth-order valence-electron chi connectivity index (χ4n) is 0.512. The molecular weight excluding hydrogens is 150 g/mol. The molecule has 0 bridgehead atoms. The van der Waals surface area contributed by atoms with Crippen LogP contribution in [0.2, 0.25) is 0 Å². The summed E-state index contributed by atoms with van der Waals surface area (Å²) in [6.45, 7) is 1.97. The molecule has 0 aromatic heterocycles. The number of hydrogen-bond acceptors (Lipinski definition) is 1. The maximum absolute atomic E-state index is 4.04. The monoisotopic (exact) mass is 158 g/mol. The molecule has 1 nitrogen and oxygen atoms in total. The van der Waals surface area contributed by atoms with Crippen LogP contribution in [0.25, 0.3) is 0 Å². The smallest absolute Gasteiger partial charge is 0 e. The van der Waals surface area contributed by atoms with Gasteiger partial charge in [-0.05, 0) is 0 Å². The van der Waals surface area contributed by atoms with E-state index < -0.39 is 0 Å². The molecule has 0 aliphatic carbocycles. The van der Waals surface area contributed by atoms with Crippen LogP contribution in [-0.4, -0.2) is 6.21 Å². The van der Waals surface area contributed by atoms with Crippen molar-refractivity contribution in [2.45, 2.75) is 6.92 Å². The van der Waals surface area contributed by atoms with E-state index in [4.69, 9.17) is 0 Å². The van der Waals surface area contributed by atoms with Gasteiger partial charge in [-0.1, -0.05) is 19.2 Å². The van der Waals surface area contributed by atoms with Gasteiger partial charge >= 0.3 is 0 Å². The molecule has 0 atom stereocenters. The summed E-state index contributed by atoms with van der Waals surface area (Å²) in [7, 11) is 0. The van der Waals surface area contributed by atoms with Crippen LogP contribution < -0.4 is 0 Å². The second-order valence-corrected chi connectivity index (χ2v) is 1.66. The molecule has 0 spiro atoms. The quantitative estimate of drug-likeness (QED) is 0.476. The van der Waals surface area contributed by atoms with Crippen LogP contribution in [0.1, 0.15) is 6.92 Å². The summed E-state index contributed by atoms with van der Waals surface area (Å²) in [6.07, 6.45) is 9.60. The first-order valence-corrected chi connectivity index (χ1v) is 2.60. The van der Waals surface area contributed by atoms with Gasteiger partial charge in [0.05, 0.1) is 0 Å². The third-order valence-electron chi connectivity index (χ3n) is 0.924. The first kappa shape index (κ1) is 8.55. The Hall–Kier alpha value is -0.448. The molecule has 0 fully saturated rings. The predicted molar refractivity (Wildman–Crippen MR) is 35.7 cm³/mol. The second-order valence-electron chi connectivity index (χ2n) is 1.66. The zero-order valence-corrected chi connectivity index (χ0v) is 6.52. The number of allylic oxidation sites excluding steroid dienone is 3. The summed E-state index contributed by atoms with van der Waals surface area (Å²) >= 11 is 0. The first-order chi connectivity index (χ1) is 3.89. The van der Waals surface area contributed by atoms with Crippen LogP contribution in [0.15, 0.2) is 29.3 Å². The Labute approximate surface area is 66.3 Å². The van der Waals surface area contributed by atoms with Crippen molar-refractivity contribution >= 4 is 6.21 Å². The molecule has 0 unspecified atom stereocenters. The zero-order chi connectivity index (χ0) is 5.82. The van der Waals surface area contributed by atoms with Crippen LogP contribution in [-0.2, 0) is 17.4 Å². The van der Waals surface area contributed by atoms with Crippen LogP contribution in [0.4, 0.5) is 0 Å². The molecule has 1 heterocycles. The van der Waals surface area contributed by atoms with Crippen molar-refractivity contribution in [2.75, 3.05) is 0 Å². The van der Waals surface area contributed by atoms with Gasteiger partial charge in [-0.3, -0.25) is 0 Å². The normalized spacial score (nSPS) is 15.0. The third-order valence-corrected chi connectivity index (χ3v) is 0.924. The molecular formula is C7H8CrN-. The van der Waals surface area contributed by atoms with Crippen molar-refractivity contribution in [2.24, 2.45) is 4.99 Å². The van der Waals surface area contributed by atoms with Crippen LogP contribution in [0.3, 0.4) is 0 Å². The van der Waals surface area contributed by atoms with Gasteiger partial charge in [0.1, 0.15) is 0 Å². The molecule has 48 valence electrons. The molecule has 0 radical (unpaired) electrons. The van der Waals surface area contributed by atoms with E-state index in [0.29, 0.717) is 0 Å². The van der Waals surface area contributed by atoms with Crippen molar-refractivity contribution in [3.05, 3.63) is 30.3 Å². The Morgan fingerprint density at radius 1 is 1.22 bits per heavy atom. The molecule has 0 saturated carbocycles. The van der Waals surface area contributed by atoms with Gasteiger partial charge in [0, 0.05) is 17.4 Å². The molecule has 0 aromatic rings. The van der Waals surface area contributed by atoms with Gasteiger partial charge in [0.25, 0.3) is 0 Å². The van der Waals surface area contributed by atoms with Gasteiger partial charge in [-0.2, -0.15) is 12.2 Å². The Bertz CT molecular complexity index is 131. The Kier molecular flexibility index (Phi) is 4.21. The van der Waals surface area contributed by atoms with E-state index in [2.05, 4.69) is 4.99 Å². The second kappa shape index (κ2) is 4.43. The number of hydrogen-bond donors (Lipinski definition) is 0. The van der Waals surface area contributed by atoms with Crippen molar-refractivity contribution in [3.63, 3.8) is 0 Å². The molecule has 0 aromatic carbocycles. The van der Waals surface area contributed by atoms with E-state index in [1.807, 2.05) is 31.2 Å². The molecule has 0 N–H and O–H groups in total. The Morgan fingerprint density at radius 3 is 2.78 bits per heavy atom. The largest absolute Gasteiger partial charge is 0.387 e. The van der Waals surface area contributed by atoms with Crippen molar-refractivity contribution in [3.8, 4) is 0 Å². The number of rotatable bonds is 0. The topological polar surface area (TPSA) is 12.4 Å². The van der Waals surface area contributed by atoms with E-state index in [9.17, 15) is 0 Å². The average Bonchev–Trinajstić information content (AvgIpc) is 1.94. The van der Waals surface area contributed by atoms with E-state index in [1.54, 1.807) is 6.21 Å². The van der Waals surface area contributed by atoms with Crippen LogP contribution >= 0.6 is 0 Å². The molecule has 2 heteroatoms. The van der Waals surface area contributed by atoms with E-state index in [-0.39, 0.29) is 17.4 Å². The van der Waals surface area contributed by atoms with Gasteiger partial charge in [-0.25, -0.2) is 0 Å². The third kappa shape index (κ3) is 3.18. The van der Waals surface area contributed by atoms with Gasteiger partial charge in [0.2, 0.25) is 0 Å². The van der Waals surface area contributed by atoms with Gasteiger partial charge in [-0.15, -0.1) is 12.2 Å². The molecule has 9 heavy (non-hydrogen) atoms. The van der Waals surface area contributed by atoms with Crippen LogP contribution in [0.5, 0.6) is 0 Å². The molecule has 1 aliphatic rings. The maximum atomic E-state index is 4.04. The van der Waals surface area contributed by atoms with Crippen molar-refractivity contribution in [1.82, 2.24) is 0 Å². The minimum atomic E-state index is 0. The zero-order valence-electron chi connectivity index (χ0n) is 5.24. The summed E-state index contributed by atoms with van der Waals surface area (Å²) < 4.78 is 0. The average molecular weight is 158 g/mol. The van der Waals surface area contributed by atoms with Gasteiger partial charge in [0.15, 0.2) is 0 Å². The summed E-state index contributed by atoms with van der Waals surface area (Å²) in [6, 6.07) is 1.05. The molecule has 1 aliphatic heterocycles. The standard InChI is InChI=1S/C7H8N.Cr/c1-7-5-3-2-4-6-8-7;/h2-6H,1H3;/q-1;. The van der Waals surface area contributed by atoms with Gasteiger partial charge < -0.3 is 4.99 Å². The fourth-order valence-corrected chi connectivity index (χ4v) is 0.512. The Morgan fingerprint density at radius 2 is 2.00 bits per heavy atom. The number of nitrogens with zero attached hydrogens (tertiary/aromatic N) is 1. The van der Waals surface area contributed by atoms with Crippen molar-refractivity contribution < 1.29 is 17.4 Å². The van der Waals surface area contributed by atoms with Crippen molar-refractivity contribution in [1.29, 1.82) is 0 Å². The van der Waals surface area contributed by atoms with E-state index in [1.165, 1.54) is 0 Å². The SMILES string of the molecule is C[C-]1C=CC=CC=N1.[Cr]. The number of aliphatic imine (C=N–C) groups is 1. The summed E-state index contributed by atoms with van der Waals surface area (Å²) in [5, 5.41) is 0.